The first kappa shape index (κ1) is 18.7. The lowest BCUT2D eigenvalue weighted by molar-refractivity contribution is -0.121. The number of hydrogen-bond donors (Lipinski definition) is 1. The van der Waals surface area contributed by atoms with E-state index >= 15 is 0 Å². The normalized spacial score (nSPS) is 16.4. The van der Waals surface area contributed by atoms with E-state index in [0.29, 0.717) is 12.5 Å². The van der Waals surface area contributed by atoms with E-state index in [1.807, 2.05) is 36.4 Å². The lowest BCUT2D eigenvalue weighted by Gasteiger charge is -2.32. The fourth-order valence-electron chi connectivity index (χ4n) is 3.81. The van der Waals surface area contributed by atoms with Crippen LogP contribution in [0.3, 0.4) is 0 Å². The molecule has 26 heavy (non-hydrogen) atoms. The van der Waals surface area contributed by atoms with Gasteiger partial charge >= 0.3 is 0 Å². The quantitative estimate of drug-likeness (QED) is 0.812. The summed E-state index contributed by atoms with van der Waals surface area (Å²) in [6.07, 6.45) is 4.39. The average molecular weight is 351 g/mol. The van der Waals surface area contributed by atoms with Gasteiger partial charge in [0, 0.05) is 24.9 Å². The number of nitrogens with one attached hydrogen (secondary N) is 1. The van der Waals surface area contributed by atoms with Gasteiger partial charge in [-0.3, -0.25) is 9.69 Å². The molecule has 2 aromatic rings. The molecule has 1 saturated heterocycles. The van der Waals surface area contributed by atoms with Crippen molar-refractivity contribution >= 4 is 5.91 Å². The van der Waals surface area contributed by atoms with Crippen LogP contribution in [0.15, 0.2) is 60.7 Å². The minimum atomic E-state index is 0.0997. The van der Waals surface area contributed by atoms with Crippen LogP contribution >= 0.6 is 0 Å². The summed E-state index contributed by atoms with van der Waals surface area (Å²) in [7, 11) is 0. The fourth-order valence-corrected chi connectivity index (χ4v) is 3.81. The number of rotatable bonds is 7. The third kappa shape index (κ3) is 5.18. The summed E-state index contributed by atoms with van der Waals surface area (Å²) in [5, 5.41) is 3.17. The van der Waals surface area contributed by atoms with E-state index < -0.39 is 0 Å². The molecule has 0 aliphatic carbocycles. The van der Waals surface area contributed by atoms with E-state index in [-0.39, 0.29) is 11.8 Å². The highest BCUT2D eigenvalue weighted by molar-refractivity contribution is 5.77. The summed E-state index contributed by atoms with van der Waals surface area (Å²) in [5.74, 6) is 0.231. The van der Waals surface area contributed by atoms with Gasteiger partial charge in [0.25, 0.3) is 0 Å². The number of likely N-dealkylation sites (tertiary alicyclic amines) is 1. The maximum atomic E-state index is 12.7. The number of carbonyl (C=O) groups is 1. The molecule has 1 atom stereocenters. The van der Waals surface area contributed by atoms with Gasteiger partial charge in [0.2, 0.25) is 5.91 Å². The molecule has 0 spiro atoms. The third-order valence-corrected chi connectivity index (χ3v) is 5.40. The molecule has 3 rings (SSSR count). The van der Waals surface area contributed by atoms with Crippen LogP contribution in [0.25, 0.3) is 0 Å². The Morgan fingerprint density at radius 1 is 0.923 bits per heavy atom. The van der Waals surface area contributed by atoms with Crippen molar-refractivity contribution in [2.45, 2.75) is 44.6 Å². The average Bonchev–Trinajstić information content (AvgIpc) is 2.72. The first-order valence-corrected chi connectivity index (χ1v) is 9.84. The summed E-state index contributed by atoms with van der Waals surface area (Å²) < 4.78 is 0. The van der Waals surface area contributed by atoms with Crippen molar-refractivity contribution in [1.29, 1.82) is 0 Å². The van der Waals surface area contributed by atoms with E-state index in [1.54, 1.807) is 0 Å². The molecule has 138 valence electrons. The van der Waals surface area contributed by atoms with Crippen LogP contribution < -0.4 is 5.32 Å². The second kappa shape index (κ2) is 9.54. The van der Waals surface area contributed by atoms with Crippen molar-refractivity contribution in [3.63, 3.8) is 0 Å². The van der Waals surface area contributed by atoms with Gasteiger partial charge in [0.05, 0.1) is 0 Å². The van der Waals surface area contributed by atoms with E-state index in [2.05, 4.69) is 41.4 Å². The van der Waals surface area contributed by atoms with Gasteiger partial charge < -0.3 is 5.32 Å². The number of nitrogens with zero attached hydrogens (tertiary/aromatic N) is 1. The van der Waals surface area contributed by atoms with Crippen LogP contribution in [0.5, 0.6) is 0 Å². The Morgan fingerprint density at radius 3 is 2.00 bits per heavy atom. The SMILES string of the molecule is CC(CNC(=O)CC(c1ccccc1)c1ccccc1)N1CCCCC1. The predicted octanol–water partition coefficient (Wildman–Crippen LogP) is 4.20. The van der Waals surface area contributed by atoms with E-state index in [9.17, 15) is 4.79 Å². The van der Waals surface area contributed by atoms with E-state index in [4.69, 9.17) is 0 Å². The highest BCUT2D eigenvalue weighted by atomic mass is 16.1. The molecule has 1 fully saturated rings. The molecule has 1 amide bonds. The Bertz CT molecular complexity index is 626. The molecule has 0 bridgehead atoms. The molecule has 0 saturated carbocycles. The number of amides is 1. The van der Waals surface area contributed by atoms with Crippen molar-refractivity contribution in [3.8, 4) is 0 Å². The monoisotopic (exact) mass is 350 g/mol. The molecular weight excluding hydrogens is 320 g/mol. The largest absolute Gasteiger partial charge is 0.355 e. The standard InChI is InChI=1S/C23H30N2O/c1-19(25-15-9-4-10-16-25)18-24-23(26)17-22(20-11-5-2-6-12-20)21-13-7-3-8-14-21/h2-3,5-8,11-14,19,22H,4,9-10,15-18H2,1H3,(H,24,26). The van der Waals surface area contributed by atoms with Gasteiger partial charge in [0.15, 0.2) is 0 Å². The molecule has 1 heterocycles. The fraction of sp³-hybridized carbons (Fsp3) is 0.435. The number of piperidine rings is 1. The number of benzene rings is 2. The van der Waals surface area contributed by atoms with Crippen LogP contribution in [-0.2, 0) is 4.79 Å². The smallest absolute Gasteiger partial charge is 0.221 e. The molecule has 3 nitrogen and oxygen atoms in total. The summed E-state index contributed by atoms with van der Waals surface area (Å²) in [6.45, 7) is 5.27. The lowest BCUT2D eigenvalue weighted by atomic mass is 9.88. The van der Waals surface area contributed by atoms with Gasteiger partial charge in [-0.15, -0.1) is 0 Å². The van der Waals surface area contributed by atoms with Crippen LogP contribution in [0.4, 0.5) is 0 Å². The molecule has 1 N–H and O–H groups in total. The third-order valence-electron chi connectivity index (χ3n) is 5.40. The molecule has 3 heteroatoms. The Morgan fingerprint density at radius 2 is 1.46 bits per heavy atom. The highest BCUT2D eigenvalue weighted by Gasteiger charge is 2.20. The number of carbonyl (C=O) groups excluding carboxylic acids is 1. The van der Waals surface area contributed by atoms with Crippen molar-refractivity contribution in [2.24, 2.45) is 0 Å². The van der Waals surface area contributed by atoms with Gasteiger partial charge in [-0.2, -0.15) is 0 Å². The summed E-state index contributed by atoms with van der Waals surface area (Å²) in [4.78, 5) is 15.2. The van der Waals surface area contributed by atoms with Crippen LogP contribution in [0.1, 0.15) is 49.7 Å². The molecule has 0 radical (unpaired) electrons. The van der Waals surface area contributed by atoms with E-state index in [0.717, 1.165) is 19.6 Å². The highest BCUT2D eigenvalue weighted by Crippen LogP contribution is 2.27. The molecule has 1 unspecified atom stereocenters. The second-order valence-corrected chi connectivity index (χ2v) is 7.33. The van der Waals surface area contributed by atoms with Crippen LogP contribution in [0, 0.1) is 0 Å². The van der Waals surface area contributed by atoms with Crippen molar-refractivity contribution in [1.82, 2.24) is 10.2 Å². The van der Waals surface area contributed by atoms with Crippen molar-refractivity contribution in [3.05, 3.63) is 71.8 Å². The Labute approximate surface area is 157 Å². The minimum Gasteiger partial charge on any atom is -0.355 e. The van der Waals surface area contributed by atoms with Crippen molar-refractivity contribution in [2.75, 3.05) is 19.6 Å². The zero-order valence-corrected chi connectivity index (χ0v) is 15.7. The van der Waals surface area contributed by atoms with Crippen LogP contribution in [0.2, 0.25) is 0 Å². The first-order chi connectivity index (χ1) is 12.7. The molecule has 2 aromatic carbocycles. The maximum absolute atomic E-state index is 12.7. The zero-order valence-electron chi connectivity index (χ0n) is 15.7. The topological polar surface area (TPSA) is 32.3 Å². The number of hydrogen-bond acceptors (Lipinski definition) is 2. The predicted molar refractivity (Wildman–Crippen MR) is 107 cm³/mol. The molecular formula is C23H30N2O. The Balaban J connectivity index is 1.60. The first-order valence-electron chi connectivity index (χ1n) is 9.84. The molecule has 1 aliphatic rings. The minimum absolute atomic E-state index is 0.0997. The van der Waals surface area contributed by atoms with Crippen molar-refractivity contribution < 1.29 is 4.79 Å². The zero-order chi connectivity index (χ0) is 18.2. The Kier molecular flexibility index (Phi) is 6.84. The van der Waals surface area contributed by atoms with Gasteiger partial charge in [0.1, 0.15) is 0 Å². The van der Waals surface area contributed by atoms with Gasteiger partial charge in [-0.1, -0.05) is 67.1 Å². The molecule has 0 aromatic heterocycles. The molecule has 1 aliphatic heterocycles. The Hall–Kier alpha value is -2.13. The summed E-state index contributed by atoms with van der Waals surface area (Å²) in [6, 6.07) is 21.1. The maximum Gasteiger partial charge on any atom is 0.221 e. The summed E-state index contributed by atoms with van der Waals surface area (Å²) >= 11 is 0. The van der Waals surface area contributed by atoms with E-state index in [1.165, 1.54) is 30.4 Å². The lowest BCUT2D eigenvalue weighted by Crippen LogP contribution is -2.44. The van der Waals surface area contributed by atoms with Crippen LogP contribution in [-0.4, -0.2) is 36.5 Å². The second-order valence-electron chi connectivity index (χ2n) is 7.33. The van der Waals surface area contributed by atoms with Gasteiger partial charge in [-0.05, 0) is 44.0 Å². The summed E-state index contributed by atoms with van der Waals surface area (Å²) in [5.41, 5.74) is 2.39. The van der Waals surface area contributed by atoms with Gasteiger partial charge in [-0.25, -0.2) is 0 Å².